The van der Waals surface area contributed by atoms with Crippen LogP contribution in [0.5, 0.6) is 5.75 Å². The molecule has 4 rings (SSSR count). The lowest BCUT2D eigenvalue weighted by Crippen LogP contribution is -2.11. The van der Waals surface area contributed by atoms with E-state index >= 15 is 0 Å². The number of hydrogen-bond acceptors (Lipinski definition) is 6. The van der Waals surface area contributed by atoms with Crippen molar-refractivity contribution in [3.63, 3.8) is 0 Å². The lowest BCUT2D eigenvalue weighted by atomic mass is 10.1. The molecule has 3 aromatic carbocycles. The summed E-state index contributed by atoms with van der Waals surface area (Å²) in [5.74, 6) is 0.947. The Morgan fingerprint density at radius 2 is 1.66 bits per heavy atom. The zero-order valence-corrected chi connectivity index (χ0v) is 21.5. The van der Waals surface area contributed by atoms with Crippen LogP contribution in [0, 0.1) is 17.0 Å². The van der Waals surface area contributed by atoms with E-state index in [4.69, 9.17) is 39.5 Å². The maximum atomic E-state index is 11.5. The van der Waals surface area contributed by atoms with Crippen molar-refractivity contribution >= 4 is 46.6 Å². The number of thioether (sulfide) groups is 1. The van der Waals surface area contributed by atoms with Crippen molar-refractivity contribution < 1.29 is 9.66 Å². The topological polar surface area (TPSA) is 83.1 Å². The number of halogens is 3. The molecule has 0 radical (unpaired) electrons. The Morgan fingerprint density at radius 1 is 1.00 bits per heavy atom. The molecular formula is C24H19Cl3N4O3S. The second-order valence-electron chi connectivity index (χ2n) is 7.52. The van der Waals surface area contributed by atoms with Gasteiger partial charge < -0.3 is 4.74 Å². The predicted molar refractivity (Wildman–Crippen MR) is 139 cm³/mol. The third kappa shape index (κ3) is 6.08. The molecule has 0 saturated heterocycles. The third-order valence-electron chi connectivity index (χ3n) is 5.09. The molecule has 1 heterocycles. The molecule has 0 aliphatic carbocycles. The maximum absolute atomic E-state index is 11.5. The van der Waals surface area contributed by atoms with E-state index < -0.39 is 5.25 Å². The molecule has 0 spiro atoms. The molecule has 0 aliphatic rings. The first-order valence-electron chi connectivity index (χ1n) is 10.4. The highest BCUT2D eigenvalue weighted by atomic mass is 35.5. The minimum absolute atomic E-state index is 0.172. The number of aromatic nitrogens is 3. The zero-order valence-electron chi connectivity index (χ0n) is 18.4. The largest absolute Gasteiger partial charge is 0.486 e. The number of rotatable bonds is 9. The maximum Gasteiger partial charge on any atom is 0.220 e. The summed E-state index contributed by atoms with van der Waals surface area (Å²) in [6, 6.07) is 20.1. The van der Waals surface area contributed by atoms with Crippen molar-refractivity contribution in [3.05, 3.63) is 109 Å². The van der Waals surface area contributed by atoms with E-state index in [1.165, 1.54) is 11.8 Å². The van der Waals surface area contributed by atoms with Gasteiger partial charge in [-0.15, -0.1) is 10.2 Å². The normalized spacial score (nSPS) is 11.9. The third-order valence-corrected chi connectivity index (χ3v) is 7.21. The first-order valence-corrected chi connectivity index (χ1v) is 12.5. The highest BCUT2D eigenvalue weighted by Gasteiger charge is 2.26. The van der Waals surface area contributed by atoms with E-state index in [-0.39, 0.29) is 33.9 Å². The summed E-state index contributed by atoms with van der Waals surface area (Å²) in [7, 11) is 0. The number of nitro groups is 1. The van der Waals surface area contributed by atoms with E-state index in [2.05, 4.69) is 10.2 Å². The smallest absolute Gasteiger partial charge is 0.220 e. The molecule has 4 aromatic rings. The molecule has 35 heavy (non-hydrogen) atoms. The van der Waals surface area contributed by atoms with Crippen LogP contribution >= 0.6 is 46.6 Å². The van der Waals surface area contributed by atoms with Gasteiger partial charge in [-0.3, -0.25) is 14.7 Å². The number of hydrogen-bond donors (Lipinski definition) is 0. The van der Waals surface area contributed by atoms with Gasteiger partial charge in [0.15, 0.2) is 10.9 Å². The molecular weight excluding hydrogens is 531 g/mol. The van der Waals surface area contributed by atoms with Crippen LogP contribution in [0.3, 0.4) is 0 Å². The van der Waals surface area contributed by atoms with Crippen LogP contribution in [0.1, 0.15) is 22.2 Å². The highest BCUT2D eigenvalue weighted by Crippen LogP contribution is 2.42. The second-order valence-corrected chi connectivity index (χ2v) is 9.91. The number of aryl methyl sites for hydroxylation is 1. The van der Waals surface area contributed by atoms with Crippen LogP contribution in [0.25, 0.3) is 5.69 Å². The van der Waals surface area contributed by atoms with Gasteiger partial charge >= 0.3 is 0 Å². The van der Waals surface area contributed by atoms with Gasteiger partial charge in [-0.2, -0.15) is 0 Å². The summed E-state index contributed by atoms with van der Waals surface area (Å²) < 4.78 is 7.68. The van der Waals surface area contributed by atoms with Gasteiger partial charge in [0.2, 0.25) is 6.54 Å². The first-order chi connectivity index (χ1) is 16.8. The monoisotopic (exact) mass is 548 g/mol. The number of benzene rings is 3. The molecule has 0 unspecified atom stereocenters. The number of nitrogens with zero attached hydrogens (tertiary/aromatic N) is 4. The van der Waals surface area contributed by atoms with Gasteiger partial charge in [0.05, 0.1) is 10.0 Å². The van der Waals surface area contributed by atoms with Crippen molar-refractivity contribution in [1.29, 1.82) is 0 Å². The van der Waals surface area contributed by atoms with Crippen molar-refractivity contribution in [2.75, 3.05) is 6.54 Å². The van der Waals surface area contributed by atoms with Crippen LogP contribution in [0.4, 0.5) is 0 Å². The average Bonchev–Trinajstić information content (AvgIpc) is 3.19. The number of para-hydroxylation sites is 1. The Hall–Kier alpha value is -2.78. The van der Waals surface area contributed by atoms with Crippen LogP contribution in [0.15, 0.2) is 71.9 Å². The second kappa shape index (κ2) is 11.3. The minimum Gasteiger partial charge on any atom is -0.486 e. The molecule has 0 amide bonds. The van der Waals surface area contributed by atoms with Gasteiger partial charge in [0.25, 0.3) is 0 Å². The fourth-order valence-electron chi connectivity index (χ4n) is 3.44. The fourth-order valence-corrected chi connectivity index (χ4v) is 5.39. The molecule has 0 saturated carbocycles. The van der Waals surface area contributed by atoms with Gasteiger partial charge in [-0.25, -0.2) is 0 Å². The summed E-state index contributed by atoms with van der Waals surface area (Å²) in [6.45, 7) is 1.63. The highest BCUT2D eigenvalue weighted by molar-refractivity contribution is 7.99. The molecule has 1 atom stereocenters. The van der Waals surface area contributed by atoms with E-state index in [0.29, 0.717) is 21.6 Å². The molecule has 11 heteroatoms. The van der Waals surface area contributed by atoms with Gasteiger partial charge in [0.1, 0.15) is 17.7 Å². The summed E-state index contributed by atoms with van der Waals surface area (Å²) in [6.07, 6.45) is 0. The van der Waals surface area contributed by atoms with Crippen LogP contribution in [-0.4, -0.2) is 26.2 Å². The molecule has 0 fully saturated rings. The lowest BCUT2D eigenvalue weighted by Gasteiger charge is -2.17. The van der Waals surface area contributed by atoms with Crippen LogP contribution < -0.4 is 4.74 Å². The Kier molecular flexibility index (Phi) is 8.18. The molecule has 0 N–H and O–H groups in total. The summed E-state index contributed by atoms with van der Waals surface area (Å²) in [5, 5.41) is 20.9. The van der Waals surface area contributed by atoms with E-state index in [1.54, 1.807) is 18.2 Å². The summed E-state index contributed by atoms with van der Waals surface area (Å²) >= 11 is 20.4. The van der Waals surface area contributed by atoms with E-state index in [9.17, 15) is 10.1 Å². The van der Waals surface area contributed by atoms with Gasteiger partial charge in [-0.05, 0) is 42.8 Å². The molecule has 180 valence electrons. The number of ether oxygens (including phenoxy) is 1. The van der Waals surface area contributed by atoms with Crippen molar-refractivity contribution in [2.45, 2.75) is 23.9 Å². The minimum atomic E-state index is -0.622. The van der Waals surface area contributed by atoms with Crippen LogP contribution in [0.2, 0.25) is 15.1 Å². The first kappa shape index (κ1) is 25.3. The van der Waals surface area contributed by atoms with E-state index in [0.717, 1.165) is 11.3 Å². The quantitative estimate of drug-likeness (QED) is 0.124. The fraction of sp³-hybridized carbons (Fsp3) is 0.167. The summed E-state index contributed by atoms with van der Waals surface area (Å²) in [4.78, 5) is 11.1. The average molecular weight is 550 g/mol. The Labute approximate surface area is 221 Å². The molecule has 0 aliphatic heterocycles. The SMILES string of the molecule is Cc1nnc(S[C@H](C[N+](=O)[O-])c2cc(Cl)c(OCc3ccccc3Cl)c(Cl)c2)n1-c1ccccc1. The Bertz CT molecular complexity index is 1330. The molecule has 1 aromatic heterocycles. The van der Waals surface area contributed by atoms with Crippen molar-refractivity contribution in [3.8, 4) is 11.4 Å². The van der Waals surface area contributed by atoms with Crippen LogP contribution in [-0.2, 0) is 6.61 Å². The Morgan fingerprint density at radius 3 is 2.31 bits per heavy atom. The molecule has 7 nitrogen and oxygen atoms in total. The van der Waals surface area contributed by atoms with Crippen molar-refractivity contribution in [1.82, 2.24) is 14.8 Å². The summed E-state index contributed by atoms with van der Waals surface area (Å²) in [5.41, 5.74) is 2.21. The zero-order chi connectivity index (χ0) is 24.9. The Balaban J connectivity index is 1.62. The van der Waals surface area contributed by atoms with Crippen molar-refractivity contribution in [2.24, 2.45) is 0 Å². The standard InChI is InChI=1S/C24H19Cl3N4O3S/c1-15-28-29-24(31(15)18-8-3-2-4-9-18)35-22(13-30(32)33)17-11-20(26)23(21(27)12-17)34-14-16-7-5-6-10-19(16)25/h2-12,22H,13-14H2,1H3/t22-/m1/s1. The lowest BCUT2D eigenvalue weighted by molar-refractivity contribution is -0.479. The predicted octanol–water partition coefficient (Wildman–Crippen LogP) is 7.23. The van der Waals surface area contributed by atoms with E-state index in [1.807, 2.05) is 60.0 Å². The molecule has 0 bridgehead atoms. The van der Waals surface area contributed by atoms with Gasteiger partial charge in [0, 0.05) is 21.2 Å². The van der Waals surface area contributed by atoms with Gasteiger partial charge in [-0.1, -0.05) is 83.0 Å².